The van der Waals surface area contributed by atoms with Crippen LogP contribution in [0.4, 0.5) is 0 Å². The Bertz CT molecular complexity index is 1010. The fourth-order valence-electron chi connectivity index (χ4n) is 2.90. The normalized spacial score (nSPS) is 10.9. The van der Waals surface area contributed by atoms with Crippen molar-refractivity contribution < 1.29 is 4.68 Å². The highest BCUT2D eigenvalue weighted by molar-refractivity contribution is 5.79. The molecule has 0 aliphatic rings. The van der Waals surface area contributed by atoms with Gasteiger partial charge in [-0.05, 0) is 33.9 Å². The van der Waals surface area contributed by atoms with Gasteiger partial charge in [0.25, 0.3) is 0 Å². The minimum atomic E-state index is 1.05. The Balaban J connectivity index is 1.79. The number of hydrogen-bond donors (Lipinski definition) is 0. The van der Waals surface area contributed by atoms with Gasteiger partial charge >= 0.3 is 0 Å². The third-order valence-corrected chi connectivity index (χ3v) is 4.24. The molecule has 4 aromatic rings. The number of benzene rings is 3. The number of aromatic nitrogens is 1. The molecule has 0 aliphatic heterocycles. The van der Waals surface area contributed by atoms with Crippen molar-refractivity contribution in [2.24, 2.45) is 5.10 Å². The molecular formula is C24H19N2+. The topological polar surface area (TPSA) is 16.2 Å². The lowest BCUT2D eigenvalue weighted by Gasteiger charge is -2.04. The molecule has 2 nitrogen and oxygen atoms in total. The summed E-state index contributed by atoms with van der Waals surface area (Å²) in [6, 6.07) is 35.2. The maximum atomic E-state index is 4.68. The van der Waals surface area contributed by atoms with Gasteiger partial charge in [0.15, 0.2) is 0 Å². The predicted molar refractivity (Wildman–Crippen MR) is 107 cm³/mol. The molecule has 1 aromatic heterocycles. The molecule has 124 valence electrons. The maximum Gasteiger partial charge on any atom is 0.245 e. The van der Waals surface area contributed by atoms with E-state index in [9.17, 15) is 0 Å². The summed E-state index contributed by atoms with van der Waals surface area (Å²) in [5.74, 6) is 0. The van der Waals surface area contributed by atoms with Crippen LogP contribution in [0.5, 0.6) is 0 Å². The summed E-state index contributed by atoms with van der Waals surface area (Å²) >= 11 is 0. The summed E-state index contributed by atoms with van der Waals surface area (Å²) in [4.78, 5) is 0. The number of nitrogens with zero attached hydrogens (tertiary/aromatic N) is 2. The van der Waals surface area contributed by atoms with Crippen LogP contribution in [0.3, 0.4) is 0 Å². The van der Waals surface area contributed by atoms with E-state index >= 15 is 0 Å². The molecule has 0 radical (unpaired) electrons. The summed E-state index contributed by atoms with van der Waals surface area (Å²) in [6.45, 7) is 0. The first-order valence-corrected chi connectivity index (χ1v) is 8.66. The van der Waals surface area contributed by atoms with Crippen molar-refractivity contribution in [1.82, 2.24) is 0 Å². The van der Waals surface area contributed by atoms with Crippen LogP contribution in [0.1, 0.15) is 5.56 Å². The SMILES string of the molecule is C(=N[n+]1ccc(-c2ccccc2)cc1-c1ccccc1)c1ccccc1. The molecule has 0 saturated heterocycles. The monoisotopic (exact) mass is 335 g/mol. The lowest BCUT2D eigenvalue weighted by molar-refractivity contribution is -0.667. The summed E-state index contributed by atoms with van der Waals surface area (Å²) in [7, 11) is 0. The molecule has 0 saturated carbocycles. The van der Waals surface area contributed by atoms with Crippen LogP contribution in [0.15, 0.2) is 114 Å². The summed E-state index contributed by atoms with van der Waals surface area (Å²) in [6.07, 6.45) is 3.90. The third kappa shape index (κ3) is 3.60. The number of hydrogen-bond acceptors (Lipinski definition) is 1. The number of pyridine rings is 1. The van der Waals surface area contributed by atoms with E-state index in [4.69, 9.17) is 0 Å². The van der Waals surface area contributed by atoms with Crippen molar-refractivity contribution >= 4 is 6.21 Å². The Kier molecular flexibility index (Phi) is 4.66. The highest BCUT2D eigenvalue weighted by Crippen LogP contribution is 2.23. The summed E-state index contributed by atoms with van der Waals surface area (Å²) in [5, 5.41) is 4.68. The van der Waals surface area contributed by atoms with Crippen molar-refractivity contribution in [3.63, 3.8) is 0 Å². The first-order chi connectivity index (χ1) is 12.9. The second-order valence-corrected chi connectivity index (χ2v) is 6.03. The predicted octanol–water partition coefficient (Wildman–Crippen LogP) is 5.19. The van der Waals surface area contributed by atoms with Gasteiger partial charge in [-0.15, -0.1) is 0 Å². The van der Waals surface area contributed by atoms with Crippen LogP contribution in [0.2, 0.25) is 0 Å². The van der Waals surface area contributed by atoms with Crippen LogP contribution in [0, 0.1) is 0 Å². The molecule has 0 atom stereocenters. The molecule has 0 spiro atoms. The fraction of sp³-hybridized carbons (Fsp3) is 0. The van der Waals surface area contributed by atoms with Crippen LogP contribution in [-0.4, -0.2) is 6.21 Å². The molecule has 2 heteroatoms. The van der Waals surface area contributed by atoms with Gasteiger partial charge in [0.1, 0.15) is 6.21 Å². The van der Waals surface area contributed by atoms with Crippen molar-refractivity contribution in [3.8, 4) is 22.4 Å². The summed E-state index contributed by atoms with van der Waals surface area (Å²) < 4.78 is 1.93. The zero-order valence-corrected chi connectivity index (χ0v) is 14.4. The first-order valence-electron chi connectivity index (χ1n) is 8.66. The zero-order valence-electron chi connectivity index (χ0n) is 14.4. The quantitative estimate of drug-likeness (QED) is 0.360. The smallest absolute Gasteiger partial charge is 0.0622 e. The van der Waals surface area contributed by atoms with Crippen molar-refractivity contribution in [3.05, 3.63) is 115 Å². The molecule has 1 heterocycles. The molecule has 4 rings (SSSR count). The van der Waals surface area contributed by atoms with Crippen molar-refractivity contribution in [1.29, 1.82) is 0 Å². The van der Waals surface area contributed by atoms with Gasteiger partial charge in [0, 0.05) is 17.7 Å². The lowest BCUT2D eigenvalue weighted by Crippen LogP contribution is -2.30. The zero-order chi connectivity index (χ0) is 17.6. The summed E-state index contributed by atoms with van der Waals surface area (Å²) in [5.41, 5.74) is 5.64. The Labute approximate surface area is 153 Å². The highest BCUT2D eigenvalue weighted by atomic mass is 15.3. The van der Waals surface area contributed by atoms with Gasteiger partial charge in [-0.25, -0.2) is 0 Å². The second kappa shape index (κ2) is 7.58. The van der Waals surface area contributed by atoms with Crippen LogP contribution >= 0.6 is 0 Å². The molecular weight excluding hydrogens is 316 g/mol. The van der Waals surface area contributed by atoms with E-state index in [0.29, 0.717) is 0 Å². The van der Waals surface area contributed by atoms with Gasteiger partial charge in [-0.1, -0.05) is 83.5 Å². The number of rotatable bonds is 4. The molecule has 0 fully saturated rings. The highest BCUT2D eigenvalue weighted by Gasteiger charge is 2.14. The average molecular weight is 335 g/mol. The van der Waals surface area contributed by atoms with E-state index in [1.165, 1.54) is 11.1 Å². The van der Waals surface area contributed by atoms with E-state index in [1.807, 2.05) is 59.6 Å². The fourth-order valence-corrected chi connectivity index (χ4v) is 2.90. The molecule has 26 heavy (non-hydrogen) atoms. The first kappa shape index (κ1) is 16.0. The van der Waals surface area contributed by atoms with Crippen LogP contribution in [-0.2, 0) is 0 Å². The van der Waals surface area contributed by atoms with E-state index in [1.54, 1.807) is 0 Å². The Morgan fingerprint density at radius 3 is 1.81 bits per heavy atom. The largest absolute Gasteiger partial charge is 0.245 e. The molecule has 0 N–H and O–H groups in total. The molecule has 3 aromatic carbocycles. The van der Waals surface area contributed by atoms with Crippen molar-refractivity contribution in [2.75, 3.05) is 0 Å². The molecule has 0 unspecified atom stereocenters. The lowest BCUT2D eigenvalue weighted by atomic mass is 10.0. The Morgan fingerprint density at radius 1 is 0.577 bits per heavy atom. The minimum Gasteiger partial charge on any atom is -0.0622 e. The third-order valence-electron chi connectivity index (χ3n) is 4.24. The van der Waals surface area contributed by atoms with Gasteiger partial charge in [0.05, 0.1) is 0 Å². The molecule has 0 bridgehead atoms. The van der Waals surface area contributed by atoms with E-state index in [2.05, 4.69) is 65.8 Å². The van der Waals surface area contributed by atoms with Crippen LogP contribution < -0.4 is 4.68 Å². The van der Waals surface area contributed by atoms with E-state index in [0.717, 1.165) is 16.8 Å². The maximum absolute atomic E-state index is 4.68. The van der Waals surface area contributed by atoms with Gasteiger partial charge < -0.3 is 0 Å². The molecule has 0 aliphatic carbocycles. The standard InChI is InChI=1S/C24H19N2/c1-4-10-20(11-5-1)19-25-26-17-16-23(21-12-6-2-7-13-21)18-24(26)22-14-8-3-9-15-22/h1-19H/q+1. The Morgan fingerprint density at radius 2 is 1.15 bits per heavy atom. The second-order valence-electron chi connectivity index (χ2n) is 6.03. The molecule has 0 amide bonds. The Hall–Kier alpha value is -3.52. The van der Waals surface area contributed by atoms with E-state index < -0.39 is 0 Å². The van der Waals surface area contributed by atoms with Gasteiger partial charge in [0.2, 0.25) is 11.9 Å². The average Bonchev–Trinajstić information content (AvgIpc) is 2.74. The van der Waals surface area contributed by atoms with Crippen LogP contribution in [0.25, 0.3) is 22.4 Å². The van der Waals surface area contributed by atoms with Gasteiger partial charge in [-0.3, -0.25) is 0 Å². The minimum absolute atomic E-state index is 1.05. The van der Waals surface area contributed by atoms with Crippen molar-refractivity contribution in [2.45, 2.75) is 0 Å². The van der Waals surface area contributed by atoms with Gasteiger partial charge in [-0.2, -0.15) is 0 Å². The van der Waals surface area contributed by atoms with E-state index in [-0.39, 0.29) is 0 Å².